The molecule has 0 spiro atoms. The number of pyridine rings is 1. The second-order valence-electron chi connectivity index (χ2n) is 13.0. The molecule has 3 aliphatic heterocycles. The van der Waals surface area contributed by atoms with Crippen molar-refractivity contribution in [1.82, 2.24) is 25.0 Å². The van der Waals surface area contributed by atoms with Crippen molar-refractivity contribution in [3.63, 3.8) is 0 Å². The molecule has 1 saturated carbocycles. The van der Waals surface area contributed by atoms with E-state index >= 15 is 0 Å². The number of aliphatic hydroxyl groups is 1. The highest BCUT2D eigenvalue weighted by Gasteiger charge is 2.43. The van der Waals surface area contributed by atoms with E-state index in [0.717, 1.165) is 67.1 Å². The summed E-state index contributed by atoms with van der Waals surface area (Å²) in [4.78, 5) is 56.2. The highest BCUT2D eigenvalue weighted by Crippen LogP contribution is 2.45. The van der Waals surface area contributed by atoms with E-state index in [1.54, 1.807) is 17.2 Å². The van der Waals surface area contributed by atoms with E-state index in [0.29, 0.717) is 17.8 Å². The summed E-state index contributed by atoms with van der Waals surface area (Å²) in [5, 5.41) is 17.6. The zero-order valence-corrected chi connectivity index (χ0v) is 24.5. The van der Waals surface area contributed by atoms with Gasteiger partial charge in [0.05, 0.1) is 17.8 Å². The van der Waals surface area contributed by atoms with E-state index in [1.807, 2.05) is 29.2 Å². The number of benzene rings is 1. The lowest BCUT2D eigenvalue weighted by Gasteiger charge is -2.48. The van der Waals surface area contributed by atoms with Gasteiger partial charge in [0.2, 0.25) is 18.2 Å². The zero-order valence-electron chi connectivity index (χ0n) is 24.5. The minimum Gasteiger partial charge on any atom is -0.400 e. The normalized spacial score (nSPS) is 22.6. The van der Waals surface area contributed by atoms with Crippen LogP contribution in [-0.2, 0) is 20.8 Å². The predicted octanol–water partition coefficient (Wildman–Crippen LogP) is 2.24. The molecule has 1 aliphatic carbocycles. The number of nitrogens with one attached hydrogen (secondary N) is 1. The van der Waals surface area contributed by atoms with Crippen molar-refractivity contribution in [2.75, 3.05) is 18.0 Å². The number of carbonyl (C=O) groups is 4. The van der Waals surface area contributed by atoms with Gasteiger partial charge in [0.15, 0.2) is 0 Å². The maximum absolute atomic E-state index is 13.3. The lowest BCUT2D eigenvalue weighted by atomic mass is 9.53. The van der Waals surface area contributed by atoms with E-state index in [2.05, 4.69) is 29.2 Å². The molecule has 4 amide bonds. The number of anilines is 1. The van der Waals surface area contributed by atoms with Crippen LogP contribution in [0.4, 0.5) is 5.82 Å². The molecule has 11 nitrogen and oxygen atoms in total. The standard InChI is InChI=1S/C25H24N6O4.C6H11BO/c32-14-29-8-6-17(7-9-29)30-13-15(11-27-30)10-16-12-26-23-22-18(16)2-1-3-19(22)25(35)31(23)20-4-5-21(33)28-24(20)34;1-5(2)3-6(7,8)4-5/h1-3,11-14,17,20H,4-10H2,(H,28,33,34);8H,3-4H2,1-2H3. The summed E-state index contributed by atoms with van der Waals surface area (Å²) in [6.07, 6.45) is 10.9. The van der Waals surface area contributed by atoms with E-state index in [1.165, 1.54) is 4.90 Å². The van der Waals surface area contributed by atoms with E-state index in [4.69, 9.17) is 13.0 Å². The SMILES string of the molecule is O=CN1CCC(n2cc(Cc3cnc4c5c(cccc35)C(=O)N4C3CCC(=O)NC3=O)cn2)CC1.[B]C1(O)CC(C)(C)C1. The largest absolute Gasteiger partial charge is 0.400 e. The molecule has 0 bridgehead atoms. The fourth-order valence-corrected chi connectivity index (χ4v) is 7.03. The molecule has 7 rings (SSSR count). The first kappa shape index (κ1) is 29.0. The van der Waals surface area contributed by atoms with E-state index < -0.39 is 17.4 Å². The Bertz CT molecular complexity index is 1590. The molecular formula is C31H35BN6O5. The van der Waals surface area contributed by atoms with Crippen molar-refractivity contribution < 1.29 is 24.3 Å². The molecule has 2 aromatic heterocycles. The molecule has 222 valence electrons. The summed E-state index contributed by atoms with van der Waals surface area (Å²) in [7, 11) is 5.35. The summed E-state index contributed by atoms with van der Waals surface area (Å²) in [5.74, 6) is -0.581. The number of hydrogen-bond donors (Lipinski definition) is 2. The molecule has 1 aromatic carbocycles. The molecular weight excluding hydrogens is 547 g/mol. The zero-order chi connectivity index (χ0) is 30.5. The summed E-state index contributed by atoms with van der Waals surface area (Å²) < 4.78 is 1.99. The Hall–Kier alpha value is -4.06. The van der Waals surface area contributed by atoms with E-state index in [9.17, 15) is 19.2 Å². The van der Waals surface area contributed by atoms with Gasteiger partial charge in [0.1, 0.15) is 19.7 Å². The first-order valence-electron chi connectivity index (χ1n) is 14.8. The van der Waals surface area contributed by atoms with Gasteiger partial charge in [-0.2, -0.15) is 5.10 Å². The lowest BCUT2D eigenvalue weighted by molar-refractivity contribution is -0.134. The number of imide groups is 1. The van der Waals surface area contributed by atoms with Crippen LogP contribution in [0.2, 0.25) is 0 Å². The minimum absolute atomic E-state index is 0.190. The predicted molar refractivity (Wildman–Crippen MR) is 159 cm³/mol. The Balaban J connectivity index is 0.000000359. The van der Waals surface area contributed by atoms with Gasteiger partial charge in [-0.15, -0.1) is 0 Å². The van der Waals surface area contributed by atoms with Gasteiger partial charge in [-0.25, -0.2) is 4.98 Å². The van der Waals surface area contributed by atoms with Crippen LogP contribution < -0.4 is 10.2 Å². The third-order valence-corrected chi connectivity index (χ3v) is 8.82. The molecule has 3 aromatic rings. The number of nitrogens with zero attached hydrogens (tertiary/aromatic N) is 5. The van der Waals surface area contributed by atoms with Crippen LogP contribution in [-0.4, -0.2) is 81.4 Å². The molecule has 12 heteroatoms. The van der Waals surface area contributed by atoms with Crippen LogP contribution in [0.1, 0.15) is 79.9 Å². The Morgan fingerprint density at radius 2 is 1.86 bits per heavy atom. The molecule has 43 heavy (non-hydrogen) atoms. The molecule has 2 radical (unpaired) electrons. The third kappa shape index (κ3) is 5.68. The van der Waals surface area contributed by atoms with Gasteiger partial charge in [-0.05, 0) is 60.1 Å². The maximum atomic E-state index is 13.3. The second kappa shape index (κ2) is 10.9. The molecule has 2 saturated heterocycles. The van der Waals surface area contributed by atoms with Gasteiger partial charge in [-0.1, -0.05) is 26.0 Å². The average molecular weight is 582 g/mol. The number of likely N-dealkylation sites (tertiary alicyclic amines) is 1. The number of rotatable bonds is 5. The average Bonchev–Trinajstić information content (AvgIpc) is 3.53. The summed E-state index contributed by atoms with van der Waals surface area (Å²) in [6.45, 7) is 5.68. The highest BCUT2D eigenvalue weighted by atomic mass is 16.3. The van der Waals surface area contributed by atoms with Gasteiger partial charge in [0.25, 0.3) is 5.91 Å². The fourth-order valence-electron chi connectivity index (χ4n) is 7.03. The third-order valence-electron chi connectivity index (χ3n) is 8.82. The molecule has 2 N–H and O–H groups in total. The lowest BCUT2D eigenvalue weighted by Crippen LogP contribution is -2.53. The molecule has 5 heterocycles. The number of carbonyl (C=O) groups excluding carboxylic acids is 4. The summed E-state index contributed by atoms with van der Waals surface area (Å²) >= 11 is 0. The van der Waals surface area contributed by atoms with Crippen molar-refractivity contribution in [1.29, 1.82) is 0 Å². The quantitative estimate of drug-likeness (QED) is 0.268. The van der Waals surface area contributed by atoms with Gasteiger partial charge < -0.3 is 10.0 Å². The van der Waals surface area contributed by atoms with Crippen LogP contribution >= 0.6 is 0 Å². The van der Waals surface area contributed by atoms with Crippen LogP contribution in [0.25, 0.3) is 10.8 Å². The summed E-state index contributed by atoms with van der Waals surface area (Å²) in [6, 6.07) is 5.10. The van der Waals surface area contributed by atoms with Crippen LogP contribution in [0.15, 0.2) is 36.8 Å². The molecule has 3 fully saturated rings. The number of hydrogen-bond acceptors (Lipinski definition) is 7. The minimum atomic E-state index is -0.844. The monoisotopic (exact) mass is 582 g/mol. The maximum Gasteiger partial charge on any atom is 0.260 e. The van der Waals surface area contributed by atoms with Gasteiger partial charge >= 0.3 is 0 Å². The van der Waals surface area contributed by atoms with Crippen LogP contribution in [0.5, 0.6) is 0 Å². The summed E-state index contributed by atoms with van der Waals surface area (Å²) in [5.41, 5.74) is 1.97. The number of aromatic nitrogens is 3. The fraction of sp³-hybridized carbons (Fsp3) is 0.484. The van der Waals surface area contributed by atoms with E-state index in [-0.39, 0.29) is 36.1 Å². The first-order chi connectivity index (χ1) is 20.4. The van der Waals surface area contributed by atoms with Crippen molar-refractivity contribution in [3.8, 4) is 0 Å². The van der Waals surface area contributed by atoms with Gasteiger partial charge in [-0.3, -0.25) is 34.1 Å². The topological polar surface area (TPSA) is 138 Å². The number of amides is 4. The first-order valence-corrected chi connectivity index (χ1v) is 14.8. The van der Waals surface area contributed by atoms with Crippen molar-refractivity contribution in [2.24, 2.45) is 5.41 Å². The van der Waals surface area contributed by atoms with Crippen LogP contribution in [0, 0.1) is 5.41 Å². The van der Waals surface area contributed by atoms with Crippen molar-refractivity contribution in [2.45, 2.75) is 76.4 Å². The smallest absolute Gasteiger partial charge is 0.260 e. The highest BCUT2D eigenvalue weighted by molar-refractivity contribution is 6.26. The Morgan fingerprint density at radius 3 is 2.49 bits per heavy atom. The van der Waals surface area contributed by atoms with Gasteiger partial charge in [0, 0.05) is 49.2 Å². The number of piperidine rings is 2. The van der Waals surface area contributed by atoms with Crippen molar-refractivity contribution in [3.05, 3.63) is 53.5 Å². The molecule has 1 unspecified atom stereocenters. The molecule has 1 atom stereocenters. The van der Waals surface area contributed by atoms with Crippen LogP contribution in [0.3, 0.4) is 0 Å². The Kier molecular flexibility index (Phi) is 7.36. The second-order valence-corrected chi connectivity index (χ2v) is 13.0. The Labute approximate surface area is 251 Å². The molecule has 4 aliphatic rings. The Morgan fingerprint density at radius 1 is 1.12 bits per heavy atom. The van der Waals surface area contributed by atoms with Crippen molar-refractivity contribution >= 4 is 48.6 Å².